The van der Waals surface area contributed by atoms with Crippen LogP contribution >= 0.6 is 0 Å². The maximum absolute atomic E-state index is 5.72. The fourth-order valence-electron chi connectivity index (χ4n) is 6.83. The van der Waals surface area contributed by atoms with E-state index in [2.05, 4.69) is 57.3 Å². The van der Waals surface area contributed by atoms with E-state index in [9.17, 15) is 0 Å². The summed E-state index contributed by atoms with van der Waals surface area (Å²) in [6, 6.07) is 15.5. The molecule has 4 nitrogen and oxygen atoms in total. The van der Waals surface area contributed by atoms with Crippen LogP contribution < -0.4 is 0 Å². The molecule has 0 unspecified atom stereocenters. The second-order valence-electron chi connectivity index (χ2n) is 10.00. The van der Waals surface area contributed by atoms with E-state index in [1.165, 1.54) is 61.6 Å². The second kappa shape index (κ2) is 7.75. The number of aromatic amines is 1. The van der Waals surface area contributed by atoms with E-state index < -0.39 is 0 Å². The Morgan fingerprint density at radius 1 is 0.935 bits per heavy atom. The number of pyridine rings is 1. The molecule has 31 heavy (non-hydrogen) atoms. The zero-order valence-electron chi connectivity index (χ0n) is 18.4. The van der Waals surface area contributed by atoms with Crippen LogP contribution in [0.4, 0.5) is 0 Å². The van der Waals surface area contributed by atoms with Gasteiger partial charge in [-0.2, -0.15) is 0 Å². The van der Waals surface area contributed by atoms with E-state index in [1.54, 1.807) is 5.56 Å². The fourth-order valence-corrected chi connectivity index (χ4v) is 6.83. The van der Waals surface area contributed by atoms with Gasteiger partial charge in [0.2, 0.25) is 0 Å². The van der Waals surface area contributed by atoms with E-state index in [-0.39, 0.29) is 5.54 Å². The van der Waals surface area contributed by atoms with E-state index in [0.29, 0.717) is 5.41 Å². The molecule has 2 aliphatic carbocycles. The van der Waals surface area contributed by atoms with Crippen molar-refractivity contribution in [3.05, 3.63) is 65.5 Å². The minimum atomic E-state index is 0.262. The number of aryl methyl sites for hydroxylation is 1. The zero-order valence-corrected chi connectivity index (χ0v) is 18.4. The highest BCUT2D eigenvalue weighted by Crippen LogP contribution is 2.52. The SMILES string of the molecule is c1ccc(CC2(N3CCOCC3)CCC3(CCCc4c3[nH]c3ncccc43)CC2)cc1. The lowest BCUT2D eigenvalue weighted by Gasteiger charge is -2.53. The van der Waals surface area contributed by atoms with Gasteiger partial charge in [-0.1, -0.05) is 30.3 Å². The van der Waals surface area contributed by atoms with Crippen LogP contribution in [0.2, 0.25) is 0 Å². The molecule has 6 rings (SSSR count). The molecule has 0 bridgehead atoms. The number of nitrogens with one attached hydrogen (secondary N) is 1. The Labute approximate surface area is 185 Å². The first-order chi connectivity index (χ1) is 15.3. The molecule has 4 heteroatoms. The van der Waals surface area contributed by atoms with Crippen LogP contribution in [0.3, 0.4) is 0 Å². The third kappa shape index (κ3) is 3.32. The van der Waals surface area contributed by atoms with Crippen LogP contribution in [0.1, 0.15) is 55.3 Å². The summed E-state index contributed by atoms with van der Waals surface area (Å²) in [6.45, 7) is 3.89. The van der Waals surface area contributed by atoms with Gasteiger partial charge in [-0.05, 0) is 74.6 Å². The molecule has 0 atom stereocenters. The lowest BCUT2D eigenvalue weighted by Crippen LogP contribution is -2.58. The summed E-state index contributed by atoms with van der Waals surface area (Å²) in [7, 11) is 0. The number of hydrogen-bond acceptors (Lipinski definition) is 3. The van der Waals surface area contributed by atoms with Crippen LogP contribution in [0.25, 0.3) is 11.0 Å². The number of H-pyrrole nitrogens is 1. The standard InChI is InChI=1S/C27H33N3O/c1-2-6-21(7-3-1)20-27(30-16-18-31-19-17-30)13-11-26(12-14-27)10-4-8-22-23-9-5-15-28-25(23)29-24(22)26/h1-3,5-7,9,15H,4,8,10-14,16-20H2,(H,28,29). The Bertz CT molecular complexity index is 1040. The molecule has 2 aromatic heterocycles. The van der Waals surface area contributed by atoms with Crippen molar-refractivity contribution in [3.8, 4) is 0 Å². The maximum Gasteiger partial charge on any atom is 0.137 e. The van der Waals surface area contributed by atoms with Gasteiger partial charge in [-0.25, -0.2) is 4.98 Å². The number of fused-ring (bicyclic) bond motifs is 4. The fraction of sp³-hybridized carbons (Fsp3) is 0.519. The number of morpholine rings is 1. The average Bonchev–Trinajstić information content (AvgIpc) is 3.23. The Hall–Kier alpha value is -2.17. The maximum atomic E-state index is 5.72. The molecule has 162 valence electrons. The molecule has 1 saturated carbocycles. The number of nitrogens with zero attached hydrogens (tertiary/aromatic N) is 2. The lowest BCUT2D eigenvalue weighted by molar-refractivity contribution is -0.0474. The third-order valence-electron chi connectivity index (χ3n) is 8.49. The Balaban J connectivity index is 1.33. The van der Waals surface area contributed by atoms with Gasteiger partial charge in [-0.15, -0.1) is 0 Å². The average molecular weight is 416 g/mol. The summed E-state index contributed by atoms with van der Waals surface area (Å²) in [5, 5.41) is 1.35. The molecular formula is C27H33N3O. The van der Waals surface area contributed by atoms with Gasteiger partial charge in [-0.3, -0.25) is 4.90 Å². The summed E-state index contributed by atoms with van der Waals surface area (Å²) < 4.78 is 5.72. The zero-order chi connectivity index (χ0) is 20.7. The van der Waals surface area contributed by atoms with Gasteiger partial charge in [0.25, 0.3) is 0 Å². The lowest BCUT2D eigenvalue weighted by atomic mass is 9.59. The highest BCUT2D eigenvalue weighted by molar-refractivity contribution is 5.82. The molecule has 0 radical (unpaired) electrons. The Kier molecular flexibility index (Phi) is 4.88. The Morgan fingerprint density at radius 3 is 2.55 bits per heavy atom. The third-order valence-corrected chi connectivity index (χ3v) is 8.49. The molecule has 1 aromatic carbocycles. The predicted molar refractivity (Wildman–Crippen MR) is 124 cm³/mol. The summed E-state index contributed by atoms with van der Waals surface area (Å²) in [5.41, 5.74) is 6.20. The largest absolute Gasteiger partial charge is 0.379 e. The molecular weight excluding hydrogens is 382 g/mol. The van der Waals surface area contributed by atoms with Crippen molar-refractivity contribution in [3.63, 3.8) is 0 Å². The number of hydrogen-bond donors (Lipinski definition) is 1. The molecule has 1 N–H and O–H groups in total. The quantitative estimate of drug-likeness (QED) is 0.653. The highest BCUT2D eigenvalue weighted by atomic mass is 16.5. The van der Waals surface area contributed by atoms with Crippen molar-refractivity contribution in [2.45, 2.75) is 62.3 Å². The number of ether oxygens (including phenoxy) is 1. The van der Waals surface area contributed by atoms with Crippen molar-refractivity contribution in [2.24, 2.45) is 0 Å². The molecule has 0 amide bonds. The molecule has 1 aliphatic heterocycles. The summed E-state index contributed by atoms with van der Waals surface area (Å²) in [4.78, 5) is 11.2. The molecule has 1 spiro atoms. The summed E-state index contributed by atoms with van der Waals surface area (Å²) in [6.07, 6.45) is 12.0. The minimum absolute atomic E-state index is 0.262. The van der Waals surface area contributed by atoms with Crippen molar-refractivity contribution >= 4 is 11.0 Å². The number of aromatic nitrogens is 2. The van der Waals surface area contributed by atoms with Crippen molar-refractivity contribution in [2.75, 3.05) is 26.3 Å². The van der Waals surface area contributed by atoms with Crippen LogP contribution in [-0.4, -0.2) is 46.7 Å². The van der Waals surface area contributed by atoms with Gasteiger partial charge < -0.3 is 9.72 Å². The molecule has 1 saturated heterocycles. The van der Waals surface area contributed by atoms with Crippen LogP contribution in [0.15, 0.2) is 48.7 Å². The summed E-state index contributed by atoms with van der Waals surface area (Å²) >= 11 is 0. The number of benzene rings is 1. The smallest absolute Gasteiger partial charge is 0.137 e. The predicted octanol–water partition coefficient (Wildman–Crippen LogP) is 5.02. The van der Waals surface area contributed by atoms with Gasteiger partial charge in [0, 0.05) is 41.3 Å². The molecule has 3 aromatic rings. The van der Waals surface area contributed by atoms with E-state index in [1.807, 2.05) is 6.20 Å². The van der Waals surface area contributed by atoms with Crippen LogP contribution in [-0.2, 0) is 23.0 Å². The minimum Gasteiger partial charge on any atom is -0.379 e. The first-order valence-corrected chi connectivity index (χ1v) is 12.1. The van der Waals surface area contributed by atoms with Gasteiger partial charge >= 0.3 is 0 Å². The first-order valence-electron chi connectivity index (χ1n) is 12.1. The molecule has 3 heterocycles. The number of rotatable bonds is 3. The van der Waals surface area contributed by atoms with Gasteiger partial charge in [0.05, 0.1) is 13.2 Å². The van der Waals surface area contributed by atoms with Crippen LogP contribution in [0.5, 0.6) is 0 Å². The van der Waals surface area contributed by atoms with Crippen molar-refractivity contribution in [1.29, 1.82) is 0 Å². The molecule has 2 fully saturated rings. The van der Waals surface area contributed by atoms with E-state index >= 15 is 0 Å². The second-order valence-corrected chi connectivity index (χ2v) is 10.00. The van der Waals surface area contributed by atoms with Crippen molar-refractivity contribution < 1.29 is 4.74 Å². The normalized spacial score (nSPS) is 29.3. The van der Waals surface area contributed by atoms with Gasteiger partial charge in [0.1, 0.15) is 5.65 Å². The first kappa shape index (κ1) is 19.5. The molecule has 3 aliphatic rings. The summed E-state index contributed by atoms with van der Waals surface area (Å²) in [5.74, 6) is 0. The monoisotopic (exact) mass is 415 g/mol. The van der Waals surface area contributed by atoms with Crippen LogP contribution in [0, 0.1) is 0 Å². The Morgan fingerprint density at radius 2 is 1.74 bits per heavy atom. The highest BCUT2D eigenvalue weighted by Gasteiger charge is 2.48. The van der Waals surface area contributed by atoms with E-state index in [0.717, 1.165) is 38.4 Å². The van der Waals surface area contributed by atoms with E-state index in [4.69, 9.17) is 4.74 Å². The topological polar surface area (TPSA) is 41.1 Å². The van der Waals surface area contributed by atoms with Gasteiger partial charge in [0.15, 0.2) is 0 Å². The van der Waals surface area contributed by atoms with Crippen molar-refractivity contribution in [1.82, 2.24) is 14.9 Å².